The van der Waals surface area contributed by atoms with Crippen molar-refractivity contribution >= 4 is 17.5 Å². The van der Waals surface area contributed by atoms with E-state index in [0.29, 0.717) is 12.5 Å². The molecule has 1 atom stereocenters. The van der Waals surface area contributed by atoms with Gasteiger partial charge < -0.3 is 15.2 Å². The fraction of sp³-hybridized carbons (Fsp3) is 0.450. The van der Waals surface area contributed by atoms with E-state index >= 15 is 0 Å². The van der Waals surface area contributed by atoms with Crippen molar-refractivity contribution in [2.45, 2.75) is 58.0 Å². The molecule has 138 valence electrons. The number of anilines is 1. The van der Waals surface area contributed by atoms with Gasteiger partial charge >= 0.3 is 0 Å². The summed E-state index contributed by atoms with van der Waals surface area (Å²) in [5.74, 6) is 1.11. The van der Waals surface area contributed by atoms with Crippen LogP contribution in [0.5, 0.6) is 0 Å². The predicted molar refractivity (Wildman–Crippen MR) is 101 cm³/mol. The number of imidazole rings is 1. The number of carbonyl (C=O) groups excluding carboxylic acids is 2. The Balaban J connectivity index is 1.58. The molecular weight excluding hydrogens is 328 g/mol. The lowest BCUT2D eigenvalue weighted by Crippen LogP contribution is -2.27. The molecule has 0 bridgehead atoms. The van der Waals surface area contributed by atoms with E-state index in [-0.39, 0.29) is 23.8 Å². The molecule has 0 saturated heterocycles. The van der Waals surface area contributed by atoms with E-state index in [1.54, 1.807) is 6.20 Å². The van der Waals surface area contributed by atoms with Crippen molar-refractivity contribution in [1.29, 1.82) is 0 Å². The van der Waals surface area contributed by atoms with Gasteiger partial charge in [0.1, 0.15) is 11.9 Å². The van der Waals surface area contributed by atoms with Crippen molar-refractivity contribution < 1.29 is 9.59 Å². The second kappa shape index (κ2) is 7.72. The molecule has 1 fully saturated rings. The lowest BCUT2D eigenvalue weighted by atomic mass is 10.1. The molecule has 0 aliphatic heterocycles. The number of amides is 2. The number of hydrogen-bond donors (Lipinski definition) is 2. The summed E-state index contributed by atoms with van der Waals surface area (Å²) >= 11 is 0. The number of nitrogens with one attached hydrogen (secondary N) is 2. The molecule has 3 rings (SSSR count). The maximum atomic E-state index is 12.6. The van der Waals surface area contributed by atoms with Gasteiger partial charge in [0.05, 0.1) is 6.42 Å². The van der Waals surface area contributed by atoms with Gasteiger partial charge in [-0.1, -0.05) is 26.0 Å². The maximum Gasteiger partial charge on any atom is 0.247 e. The Bertz CT molecular complexity index is 775. The summed E-state index contributed by atoms with van der Waals surface area (Å²) in [6.45, 7) is 5.97. The minimum absolute atomic E-state index is 0.0548. The molecular formula is C20H26N4O2. The molecule has 1 aromatic heterocycles. The number of benzene rings is 1. The fourth-order valence-electron chi connectivity index (χ4n) is 2.87. The Labute approximate surface area is 154 Å². The molecule has 1 heterocycles. The Morgan fingerprint density at radius 2 is 1.88 bits per heavy atom. The van der Waals surface area contributed by atoms with Crippen LogP contribution in [0, 0.1) is 0 Å². The first kappa shape index (κ1) is 18.2. The van der Waals surface area contributed by atoms with E-state index in [4.69, 9.17) is 0 Å². The molecule has 1 aromatic carbocycles. The lowest BCUT2D eigenvalue weighted by molar-refractivity contribution is -0.120. The summed E-state index contributed by atoms with van der Waals surface area (Å²) in [6, 6.07) is 7.45. The van der Waals surface area contributed by atoms with Crippen molar-refractivity contribution in [1.82, 2.24) is 14.9 Å². The van der Waals surface area contributed by atoms with Crippen LogP contribution in [-0.4, -0.2) is 27.4 Å². The number of aromatic nitrogens is 2. The molecule has 1 unspecified atom stereocenters. The molecule has 2 aromatic rings. The summed E-state index contributed by atoms with van der Waals surface area (Å²) in [7, 11) is 0. The average molecular weight is 354 g/mol. The highest BCUT2D eigenvalue weighted by molar-refractivity contribution is 5.93. The SMILES string of the molecule is CC(C)c1nccn1C(C)C(=O)Nc1ccc(CC(=O)NC2CC2)cc1. The summed E-state index contributed by atoms with van der Waals surface area (Å²) in [5, 5.41) is 5.91. The third-order valence-corrected chi connectivity index (χ3v) is 4.54. The summed E-state index contributed by atoms with van der Waals surface area (Å²) in [4.78, 5) is 28.7. The minimum atomic E-state index is -0.348. The van der Waals surface area contributed by atoms with Gasteiger partial charge in [-0.15, -0.1) is 0 Å². The third kappa shape index (κ3) is 4.50. The molecule has 1 aliphatic rings. The summed E-state index contributed by atoms with van der Waals surface area (Å²) in [5.41, 5.74) is 1.66. The van der Waals surface area contributed by atoms with Gasteiger partial charge in [0, 0.05) is 30.0 Å². The van der Waals surface area contributed by atoms with E-state index in [0.717, 1.165) is 29.9 Å². The van der Waals surface area contributed by atoms with E-state index < -0.39 is 0 Å². The fourth-order valence-corrected chi connectivity index (χ4v) is 2.87. The van der Waals surface area contributed by atoms with Gasteiger partial charge in [0.2, 0.25) is 11.8 Å². The molecule has 0 spiro atoms. The zero-order valence-electron chi connectivity index (χ0n) is 15.5. The smallest absolute Gasteiger partial charge is 0.247 e. The van der Waals surface area contributed by atoms with Crippen molar-refractivity contribution in [3.05, 3.63) is 48.0 Å². The number of nitrogens with zero attached hydrogens (tertiary/aromatic N) is 2. The van der Waals surface area contributed by atoms with Crippen molar-refractivity contribution in [2.75, 3.05) is 5.32 Å². The van der Waals surface area contributed by atoms with Gasteiger partial charge in [-0.25, -0.2) is 4.98 Å². The van der Waals surface area contributed by atoms with Gasteiger partial charge in [0.15, 0.2) is 0 Å². The first-order valence-corrected chi connectivity index (χ1v) is 9.16. The van der Waals surface area contributed by atoms with Gasteiger partial charge in [-0.05, 0) is 37.5 Å². The van der Waals surface area contributed by atoms with Gasteiger partial charge in [0.25, 0.3) is 0 Å². The van der Waals surface area contributed by atoms with Crippen LogP contribution in [0.25, 0.3) is 0 Å². The maximum absolute atomic E-state index is 12.6. The van der Waals surface area contributed by atoms with E-state index in [1.165, 1.54) is 0 Å². The molecule has 1 aliphatic carbocycles. The lowest BCUT2D eigenvalue weighted by Gasteiger charge is -2.18. The molecule has 6 nitrogen and oxygen atoms in total. The second-order valence-corrected chi connectivity index (χ2v) is 7.23. The Kier molecular flexibility index (Phi) is 5.40. The standard InChI is InChI=1S/C20H26N4O2/c1-13(2)19-21-10-11-24(19)14(3)20(26)23-17-6-4-15(5-7-17)12-18(25)22-16-8-9-16/h4-7,10-11,13-14,16H,8-9,12H2,1-3H3,(H,22,25)(H,23,26). The van der Waals surface area contributed by atoms with E-state index in [1.807, 2.05) is 42.0 Å². The molecule has 2 N–H and O–H groups in total. The zero-order chi connectivity index (χ0) is 18.7. The Hall–Kier alpha value is -2.63. The van der Waals surface area contributed by atoms with Crippen molar-refractivity contribution in [3.63, 3.8) is 0 Å². The van der Waals surface area contributed by atoms with Crippen LogP contribution in [-0.2, 0) is 16.0 Å². The van der Waals surface area contributed by atoms with Crippen LogP contribution in [0.2, 0.25) is 0 Å². The van der Waals surface area contributed by atoms with E-state index in [2.05, 4.69) is 29.5 Å². The summed E-state index contributed by atoms with van der Waals surface area (Å²) < 4.78 is 1.90. The molecule has 0 radical (unpaired) electrons. The third-order valence-electron chi connectivity index (χ3n) is 4.54. The highest BCUT2D eigenvalue weighted by Gasteiger charge is 2.23. The number of carbonyl (C=O) groups is 2. The Morgan fingerprint density at radius 1 is 1.19 bits per heavy atom. The topological polar surface area (TPSA) is 76.0 Å². The largest absolute Gasteiger partial charge is 0.353 e. The van der Waals surface area contributed by atoms with Crippen LogP contribution in [0.4, 0.5) is 5.69 Å². The summed E-state index contributed by atoms with van der Waals surface area (Å²) in [6.07, 6.45) is 6.10. The van der Waals surface area contributed by atoms with Crippen LogP contribution < -0.4 is 10.6 Å². The highest BCUT2D eigenvalue weighted by atomic mass is 16.2. The molecule has 1 saturated carbocycles. The van der Waals surface area contributed by atoms with Crippen LogP contribution in [0.1, 0.15) is 57.0 Å². The molecule has 2 amide bonds. The molecule has 6 heteroatoms. The van der Waals surface area contributed by atoms with Gasteiger partial charge in [-0.2, -0.15) is 0 Å². The highest BCUT2D eigenvalue weighted by Crippen LogP contribution is 2.20. The first-order chi connectivity index (χ1) is 12.4. The van der Waals surface area contributed by atoms with Crippen LogP contribution >= 0.6 is 0 Å². The van der Waals surface area contributed by atoms with Crippen LogP contribution in [0.3, 0.4) is 0 Å². The van der Waals surface area contributed by atoms with Crippen molar-refractivity contribution in [2.24, 2.45) is 0 Å². The normalized spacial score (nSPS) is 14.9. The van der Waals surface area contributed by atoms with E-state index in [9.17, 15) is 9.59 Å². The first-order valence-electron chi connectivity index (χ1n) is 9.16. The van der Waals surface area contributed by atoms with Crippen molar-refractivity contribution in [3.8, 4) is 0 Å². The monoisotopic (exact) mass is 354 g/mol. The van der Waals surface area contributed by atoms with Gasteiger partial charge in [-0.3, -0.25) is 9.59 Å². The number of hydrogen-bond acceptors (Lipinski definition) is 3. The number of rotatable bonds is 7. The zero-order valence-corrected chi connectivity index (χ0v) is 15.5. The quantitative estimate of drug-likeness (QED) is 0.802. The van der Waals surface area contributed by atoms with Crippen LogP contribution in [0.15, 0.2) is 36.7 Å². The Morgan fingerprint density at radius 3 is 2.50 bits per heavy atom. The average Bonchev–Trinajstić information content (AvgIpc) is 3.26. The predicted octanol–water partition coefficient (Wildman–Crippen LogP) is 3.03. The minimum Gasteiger partial charge on any atom is -0.353 e. The second-order valence-electron chi connectivity index (χ2n) is 7.23. The molecule has 26 heavy (non-hydrogen) atoms.